The summed E-state index contributed by atoms with van der Waals surface area (Å²) in [5, 5.41) is 14.5. The van der Waals surface area contributed by atoms with Gasteiger partial charge in [-0.1, -0.05) is 32.6 Å². The van der Waals surface area contributed by atoms with E-state index in [1.807, 2.05) is 4.68 Å². The summed E-state index contributed by atoms with van der Waals surface area (Å²) in [5.74, 6) is -0.641. The predicted octanol–water partition coefficient (Wildman–Crippen LogP) is 4.20. The number of hydrogen-bond acceptors (Lipinski definition) is 2. The lowest BCUT2D eigenvalue weighted by atomic mass is 9.76. The molecule has 1 saturated carbocycles. The average Bonchev–Trinajstić information content (AvgIpc) is 2.66. The van der Waals surface area contributed by atoms with Gasteiger partial charge in [0.05, 0.1) is 21.3 Å². The van der Waals surface area contributed by atoms with Crippen molar-refractivity contribution < 1.29 is 9.90 Å². The van der Waals surface area contributed by atoms with E-state index in [1.165, 1.54) is 0 Å². The van der Waals surface area contributed by atoms with Crippen molar-refractivity contribution in [1.82, 2.24) is 9.78 Å². The highest BCUT2D eigenvalue weighted by Crippen LogP contribution is 2.40. The van der Waals surface area contributed by atoms with E-state index in [2.05, 4.69) is 34.9 Å². The van der Waals surface area contributed by atoms with Gasteiger partial charge >= 0.3 is 5.97 Å². The second-order valence-electron chi connectivity index (χ2n) is 6.05. The molecule has 0 amide bonds. The molecule has 118 valence electrons. The Balaban J connectivity index is 2.36. The SMILES string of the molecule is CCc1nn(CC)c(CC2(C(=O)O)CCCCCC2)c1Br. The van der Waals surface area contributed by atoms with Gasteiger partial charge in [-0.15, -0.1) is 0 Å². The average molecular weight is 357 g/mol. The van der Waals surface area contributed by atoms with E-state index in [0.29, 0.717) is 6.42 Å². The van der Waals surface area contributed by atoms with Crippen molar-refractivity contribution in [2.24, 2.45) is 5.41 Å². The summed E-state index contributed by atoms with van der Waals surface area (Å²) in [5.41, 5.74) is 1.47. The first-order valence-electron chi connectivity index (χ1n) is 8.01. The predicted molar refractivity (Wildman–Crippen MR) is 86.5 cm³/mol. The zero-order chi connectivity index (χ0) is 15.5. The number of aromatic nitrogens is 2. The number of rotatable bonds is 5. The van der Waals surface area contributed by atoms with Crippen molar-refractivity contribution in [3.05, 3.63) is 15.9 Å². The summed E-state index contributed by atoms with van der Waals surface area (Å²) >= 11 is 3.65. The number of halogens is 1. The molecular formula is C16H25BrN2O2. The molecule has 0 aromatic carbocycles. The fraction of sp³-hybridized carbons (Fsp3) is 0.750. The number of hydrogen-bond donors (Lipinski definition) is 1. The highest BCUT2D eigenvalue weighted by molar-refractivity contribution is 9.10. The zero-order valence-electron chi connectivity index (χ0n) is 13.0. The third-order valence-electron chi connectivity index (χ3n) is 4.71. The number of carboxylic acid groups (broad SMARTS) is 1. The number of carbonyl (C=O) groups is 1. The van der Waals surface area contributed by atoms with Crippen LogP contribution in [0.5, 0.6) is 0 Å². The number of aryl methyl sites for hydroxylation is 2. The molecule has 4 nitrogen and oxygen atoms in total. The zero-order valence-corrected chi connectivity index (χ0v) is 14.6. The summed E-state index contributed by atoms with van der Waals surface area (Å²) in [6.07, 6.45) is 7.36. The Morgan fingerprint density at radius 1 is 1.29 bits per heavy atom. The molecule has 1 aliphatic carbocycles. The maximum Gasteiger partial charge on any atom is 0.310 e. The van der Waals surface area contributed by atoms with Crippen LogP contribution in [0, 0.1) is 5.41 Å². The van der Waals surface area contributed by atoms with Crippen LogP contribution in [0.3, 0.4) is 0 Å². The number of aliphatic carboxylic acids is 1. The van der Waals surface area contributed by atoms with E-state index < -0.39 is 11.4 Å². The summed E-state index contributed by atoms with van der Waals surface area (Å²) < 4.78 is 2.98. The van der Waals surface area contributed by atoms with Crippen LogP contribution in [0.25, 0.3) is 0 Å². The Hall–Kier alpha value is -0.840. The van der Waals surface area contributed by atoms with Crippen molar-refractivity contribution in [1.29, 1.82) is 0 Å². The van der Waals surface area contributed by atoms with Crippen LogP contribution in [0.2, 0.25) is 0 Å². The van der Waals surface area contributed by atoms with Crippen molar-refractivity contribution in [2.45, 2.75) is 71.8 Å². The second kappa shape index (κ2) is 6.95. The molecule has 0 saturated heterocycles. The molecule has 0 spiro atoms. The van der Waals surface area contributed by atoms with Crippen LogP contribution in [0.4, 0.5) is 0 Å². The van der Waals surface area contributed by atoms with Crippen LogP contribution in [0.15, 0.2) is 4.47 Å². The molecule has 0 radical (unpaired) electrons. The summed E-state index contributed by atoms with van der Waals surface area (Å²) in [4.78, 5) is 12.0. The Morgan fingerprint density at radius 2 is 1.90 bits per heavy atom. The molecule has 1 aliphatic rings. The molecule has 1 aromatic heterocycles. The smallest absolute Gasteiger partial charge is 0.310 e. The van der Waals surface area contributed by atoms with Crippen LogP contribution in [0.1, 0.15) is 63.8 Å². The van der Waals surface area contributed by atoms with E-state index in [-0.39, 0.29) is 0 Å². The molecule has 0 aliphatic heterocycles. The summed E-state index contributed by atoms with van der Waals surface area (Å²) in [6.45, 7) is 4.92. The maximum atomic E-state index is 12.0. The van der Waals surface area contributed by atoms with Gasteiger partial charge in [0.1, 0.15) is 0 Å². The van der Waals surface area contributed by atoms with E-state index in [0.717, 1.165) is 67.4 Å². The minimum Gasteiger partial charge on any atom is -0.481 e. The molecule has 2 rings (SSSR count). The van der Waals surface area contributed by atoms with Gasteiger partial charge in [0, 0.05) is 13.0 Å². The minimum absolute atomic E-state index is 0.587. The van der Waals surface area contributed by atoms with Crippen molar-refractivity contribution in [3.63, 3.8) is 0 Å². The Kier molecular flexibility index (Phi) is 5.47. The molecular weight excluding hydrogens is 332 g/mol. The second-order valence-corrected chi connectivity index (χ2v) is 6.85. The lowest BCUT2D eigenvalue weighted by Gasteiger charge is -2.28. The van der Waals surface area contributed by atoms with Gasteiger partial charge in [-0.25, -0.2) is 0 Å². The lowest BCUT2D eigenvalue weighted by molar-refractivity contribution is -0.150. The molecule has 1 aromatic rings. The third-order valence-corrected chi connectivity index (χ3v) is 5.63. The Labute approximate surface area is 135 Å². The molecule has 1 N–H and O–H groups in total. The van der Waals surface area contributed by atoms with Crippen molar-refractivity contribution in [3.8, 4) is 0 Å². The Bertz CT molecular complexity index is 503. The monoisotopic (exact) mass is 356 g/mol. The first-order chi connectivity index (χ1) is 10.0. The van der Waals surface area contributed by atoms with Gasteiger partial charge in [0.15, 0.2) is 0 Å². The fourth-order valence-electron chi connectivity index (χ4n) is 3.38. The van der Waals surface area contributed by atoms with Crippen LogP contribution in [-0.2, 0) is 24.2 Å². The summed E-state index contributed by atoms with van der Waals surface area (Å²) in [6, 6.07) is 0. The molecule has 1 fully saturated rings. The standard InChI is InChI=1S/C16H25BrN2O2/c1-3-12-14(17)13(19(4-2)18-12)11-16(15(20)21)9-7-5-6-8-10-16/h3-11H2,1-2H3,(H,20,21). The van der Waals surface area contributed by atoms with Crippen molar-refractivity contribution >= 4 is 21.9 Å². The van der Waals surface area contributed by atoms with E-state index in [4.69, 9.17) is 0 Å². The molecule has 0 unspecified atom stereocenters. The first-order valence-corrected chi connectivity index (χ1v) is 8.81. The quantitative estimate of drug-likeness (QED) is 0.804. The van der Waals surface area contributed by atoms with Crippen LogP contribution >= 0.6 is 15.9 Å². The molecule has 0 atom stereocenters. The largest absolute Gasteiger partial charge is 0.481 e. The molecule has 0 bridgehead atoms. The van der Waals surface area contributed by atoms with Gasteiger partial charge in [0.2, 0.25) is 0 Å². The molecule has 5 heteroatoms. The molecule has 1 heterocycles. The Morgan fingerprint density at radius 3 is 2.38 bits per heavy atom. The van der Waals surface area contributed by atoms with E-state index in [1.54, 1.807) is 0 Å². The van der Waals surface area contributed by atoms with Gasteiger partial charge in [-0.05, 0) is 42.1 Å². The molecule has 21 heavy (non-hydrogen) atoms. The number of carboxylic acids is 1. The third kappa shape index (κ3) is 3.33. The van der Waals surface area contributed by atoms with E-state index >= 15 is 0 Å². The highest BCUT2D eigenvalue weighted by Gasteiger charge is 2.40. The van der Waals surface area contributed by atoms with Crippen molar-refractivity contribution in [2.75, 3.05) is 0 Å². The van der Waals surface area contributed by atoms with Gasteiger partial charge in [-0.2, -0.15) is 5.10 Å². The first kappa shape index (κ1) is 16.5. The minimum atomic E-state index is -0.641. The van der Waals surface area contributed by atoms with E-state index in [9.17, 15) is 9.90 Å². The van der Waals surface area contributed by atoms with Crippen LogP contribution in [-0.4, -0.2) is 20.9 Å². The topological polar surface area (TPSA) is 55.1 Å². The lowest BCUT2D eigenvalue weighted by Crippen LogP contribution is -2.34. The fourth-order valence-corrected chi connectivity index (χ4v) is 4.08. The number of nitrogens with zero attached hydrogens (tertiary/aromatic N) is 2. The van der Waals surface area contributed by atoms with Crippen LogP contribution < -0.4 is 0 Å². The summed E-state index contributed by atoms with van der Waals surface area (Å²) in [7, 11) is 0. The maximum absolute atomic E-state index is 12.0. The highest BCUT2D eigenvalue weighted by atomic mass is 79.9. The normalized spacial score (nSPS) is 18.4. The van der Waals surface area contributed by atoms with Gasteiger partial charge in [-0.3, -0.25) is 9.48 Å². The van der Waals surface area contributed by atoms with Gasteiger partial charge in [0.25, 0.3) is 0 Å². The van der Waals surface area contributed by atoms with Gasteiger partial charge < -0.3 is 5.11 Å².